The van der Waals surface area contributed by atoms with E-state index >= 15 is 0 Å². The number of nitrogens with zero attached hydrogens (tertiary/aromatic N) is 1. The summed E-state index contributed by atoms with van der Waals surface area (Å²) in [6.45, 7) is 0. The third-order valence-corrected chi connectivity index (χ3v) is 2.90. The van der Waals surface area contributed by atoms with E-state index in [2.05, 4.69) is 10.3 Å². The number of pyridine rings is 1. The van der Waals surface area contributed by atoms with Crippen LogP contribution in [-0.4, -0.2) is 18.3 Å². The van der Waals surface area contributed by atoms with Gasteiger partial charge in [0.2, 0.25) is 0 Å². The van der Waals surface area contributed by atoms with Crippen LogP contribution >= 0.6 is 10.3 Å². The molecule has 3 N–H and O–H groups in total. The maximum atomic E-state index is 12.9. The molecule has 7 heteroatoms. The Morgan fingerprint density at radius 2 is 2.00 bits per heavy atom. The molecule has 0 unspecified atom stereocenters. The van der Waals surface area contributed by atoms with Crippen LogP contribution in [0.1, 0.15) is 0 Å². The van der Waals surface area contributed by atoms with Crippen LogP contribution in [0.5, 0.6) is 0 Å². The Hall–Kier alpha value is -1.11. The topological polar surface area (TPSA) is 50.9 Å². The van der Waals surface area contributed by atoms with Crippen molar-refractivity contribution in [1.82, 2.24) is 4.98 Å². The minimum absolute atomic E-state index is 0.0568. The molecule has 0 spiro atoms. The Kier molecular flexibility index (Phi) is 2.31. The van der Waals surface area contributed by atoms with Crippen LogP contribution in [0.25, 0.3) is 0 Å². The predicted octanol–water partition coefficient (Wildman–Crippen LogP) is 2.42. The first-order valence-electron chi connectivity index (χ1n) is 3.81. The highest BCUT2D eigenvalue weighted by atomic mass is 32.4. The molecular formula is C7H12F3N3S. The molecule has 0 saturated heterocycles. The second kappa shape index (κ2) is 2.94. The monoisotopic (exact) mass is 227 g/mol. The minimum atomic E-state index is -6.28. The van der Waals surface area contributed by atoms with Crippen LogP contribution in [0.4, 0.5) is 23.0 Å². The number of halogens is 3. The molecule has 1 aromatic rings. The van der Waals surface area contributed by atoms with E-state index in [1.165, 1.54) is 0 Å². The van der Waals surface area contributed by atoms with Gasteiger partial charge in [0.1, 0.15) is 5.03 Å². The van der Waals surface area contributed by atoms with Crippen molar-refractivity contribution in [3.8, 4) is 0 Å². The molecule has 0 aliphatic heterocycles. The van der Waals surface area contributed by atoms with Gasteiger partial charge in [-0.25, -0.2) is 4.98 Å². The van der Waals surface area contributed by atoms with E-state index in [1.807, 2.05) is 0 Å². The van der Waals surface area contributed by atoms with Crippen molar-refractivity contribution in [2.75, 3.05) is 24.4 Å². The Labute approximate surface area is 80.7 Å². The van der Waals surface area contributed by atoms with Gasteiger partial charge in [-0.05, 0) is 6.07 Å². The van der Waals surface area contributed by atoms with Crippen molar-refractivity contribution < 1.29 is 11.7 Å². The number of aromatic nitrogens is 1. The van der Waals surface area contributed by atoms with E-state index in [-0.39, 0.29) is 11.9 Å². The van der Waals surface area contributed by atoms with Gasteiger partial charge in [-0.15, -0.1) is 11.7 Å². The van der Waals surface area contributed by atoms with E-state index in [1.54, 1.807) is 7.05 Å². The molecule has 1 rings (SSSR count). The third-order valence-electron chi connectivity index (χ3n) is 1.68. The van der Waals surface area contributed by atoms with Crippen molar-refractivity contribution in [3.05, 3.63) is 12.3 Å². The van der Waals surface area contributed by atoms with Gasteiger partial charge in [0.25, 0.3) is 0 Å². The number of nitrogens with two attached hydrogens (primary N) is 1. The molecule has 1 heterocycles. The molecule has 82 valence electrons. The fraction of sp³-hybridized carbons (Fsp3) is 0.286. The van der Waals surface area contributed by atoms with Crippen molar-refractivity contribution in [3.63, 3.8) is 0 Å². The van der Waals surface area contributed by atoms with Crippen LogP contribution in [0.3, 0.4) is 0 Å². The highest BCUT2D eigenvalue weighted by Gasteiger charge is 2.36. The van der Waals surface area contributed by atoms with Gasteiger partial charge in [0.15, 0.2) is 0 Å². The molecule has 0 fully saturated rings. The maximum absolute atomic E-state index is 12.9. The molecule has 0 aliphatic rings. The van der Waals surface area contributed by atoms with E-state index in [4.69, 9.17) is 5.73 Å². The lowest BCUT2D eigenvalue weighted by atomic mass is 10.3. The fourth-order valence-electron chi connectivity index (χ4n) is 0.929. The van der Waals surface area contributed by atoms with Gasteiger partial charge >= 0.3 is 0 Å². The molecule has 0 radical (unpaired) electrons. The van der Waals surface area contributed by atoms with Crippen LogP contribution < -0.4 is 11.1 Å². The molecule has 0 bridgehead atoms. The first-order valence-corrected chi connectivity index (χ1v) is 6.17. The summed E-state index contributed by atoms with van der Waals surface area (Å²) in [4.78, 5) is 3.34. The van der Waals surface area contributed by atoms with E-state index < -0.39 is 15.3 Å². The summed E-state index contributed by atoms with van der Waals surface area (Å²) in [7, 11) is -4.71. The maximum Gasteiger partial charge on any atom is 0.138 e. The van der Waals surface area contributed by atoms with Crippen LogP contribution in [-0.2, 0) is 0 Å². The van der Waals surface area contributed by atoms with Crippen LogP contribution in [0, 0.1) is 0 Å². The summed E-state index contributed by atoms with van der Waals surface area (Å²) >= 11 is 0. The highest BCUT2D eigenvalue weighted by Crippen LogP contribution is 2.77. The zero-order chi connectivity index (χ0) is 11.0. The van der Waals surface area contributed by atoms with Gasteiger partial charge in [0, 0.05) is 13.3 Å². The first kappa shape index (κ1) is 11.0. The summed E-state index contributed by atoms with van der Waals surface area (Å²) in [5.41, 5.74) is 5.86. The second-order valence-electron chi connectivity index (χ2n) is 3.06. The smallest absolute Gasteiger partial charge is 0.138 e. The number of nitrogens with one attached hydrogen (secondary N) is 1. The number of hydrogen-bond acceptors (Lipinski definition) is 3. The molecular weight excluding hydrogens is 215 g/mol. The molecule has 0 aromatic carbocycles. The predicted molar refractivity (Wildman–Crippen MR) is 54.7 cm³/mol. The number of hydrogen-bond donors (Lipinski definition) is 3. The Balaban J connectivity index is 3.23. The Morgan fingerprint density at radius 3 is 2.36 bits per heavy atom. The largest absolute Gasteiger partial charge is 0.397 e. The highest BCUT2D eigenvalue weighted by molar-refractivity contribution is 8.37. The van der Waals surface area contributed by atoms with Crippen LogP contribution in [0.15, 0.2) is 17.3 Å². The van der Waals surface area contributed by atoms with Crippen molar-refractivity contribution >= 4 is 21.7 Å². The summed E-state index contributed by atoms with van der Waals surface area (Å²) in [5.74, 6) is 0. The molecule has 14 heavy (non-hydrogen) atoms. The number of thiol groups is 1. The SMILES string of the molecule is CNc1cnc([SH](C)(F)(F)F)cc1N. The van der Waals surface area contributed by atoms with Gasteiger partial charge in [-0.3, -0.25) is 0 Å². The number of nitrogen functional groups attached to an aromatic ring is 1. The summed E-state index contributed by atoms with van der Waals surface area (Å²) in [6.07, 6.45) is 1.36. The zero-order valence-corrected chi connectivity index (χ0v) is 8.65. The van der Waals surface area contributed by atoms with Gasteiger partial charge < -0.3 is 11.1 Å². The molecule has 3 nitrogen and oxygen atoms in total. The standard InChI is InChI=1S/C7H12F3N3S/c1-12-6-4-13-7(3-5(6)11)14(2,8,9)10/h3-4,12,14H,1-2H3,(H2,11,13). The molecule has 0 aliphatic carbocycles. The van der Waals surface area contributed by atoms with Crippen molar-refractivity contribution in [2.24, 2.45) is 0 Å². The Morgan fingerprint density at radius 1 is 1.43 bits per heavy atom. The summed E-state index contributed by atoms with van der Waals surface area (Å²) in [5, 5.41) is 1.78. The average molecular weight is 227 g/mol. The van der Waals surface area contributed by atoms with Crippen molar-refractivity contribution in [2.45, 2.75) is 5.03 Å². The molecule has 1 aromatic heterocycles. The normalized spacial score (nSPS) is 14.5. The van der Waals surface area contributed by atoms with E-state index in [0.29, 0.717) is 5.69 Å². The van der Waals surface area contributed by atoms with E-state index in [9.17, 15) is 11.7 Å². The van der Waals surface area contributed by atoms with Gasteiger partial charge in [-0.1, -0.05) is 0 Å². The van der Waals surface area contributed by atoms with Crippen LogP contribution in [0.2, 0.25) is 0 Å². The lowest BCUT2D eigenvalue weighted by molar-refractivity contribution is 0.591. The fourth-order valence-corrected chi connectivity index (χ4v) is 1.65. The van der Waals surface area contributed by atoms with Crippen molar-refractivity contribution in [1.29, 1.82) is 0 Å². The minimum Gasteiger partial charge on any atom is -0.397 e. The summed E-state index contributed by atoms with van der Waals surface area (Å²) < 4.78 is 38.6. The lowest BCUT2D eigenvalue weighted by Crippen LogP contribution is -2.03. The quantitative estimate of drug-likeness (QED) is 0.680. The molecule has 0 amide bonds. The number of rotatable bonds is 2. The average Bonchev–Trinajstić information content (AvgIpc) is 2.01. The number of anilines is 2. The van der Waals surface area contributed by atoms with E-state index in [0.717, 1.165) is 12.3 Å². The first-order chi connectivity index (χ1) is 6.21. The Bertz CT molecular complexity index is 352. The second-order valence-corrected chi connectivity index (χ2v) is 5.87. The summed E-state index contributed by atoms with van der Waals surface area (Å²) in [6, 6.07) is 0.865. The molecule has 0 atom stereocenters. The van der Waals surface area contributed by atoms with Gasteiger partial charge in [-0.2, -0.15) is 0 Å². The lowest BCUT2D eigenvalue weighted by Gasteiger charge is -2.32. The van der Waals surface area contributed by atoms with Gasteiger partial charge in [0.05, 0.1) is 27.9 Å². The molecule has 0 saturated carbocycles. The zero-order valence-electron chi connectivity index (χ0n) is 7.76. The third kappa shape index (κ3) is 2.22.